The molecule has 1 aliphatic heterocycles. The van der Waals surface area contributed by atoms with Crippen LogP contribution in [0.1, 0.15) is 29.0 Å². The molecule has 0 aliphatic carbocycles. The van der Waals surface area contributed by atoms with Gasteiger partial charge < -0.3 is 9.30 Å². The Balaban J connectivity index is 1.83. The summed E-state index contributed by atoms with van der Waals surface area (Å²) in [5, 5.41) is 0.00322. The Morgan fingerprint density at radius 3 is 2.77 bits per heavy atom. The predicted molar refractivity (Wildman–Crippen MR) is 88.2 cm³/mol. The van der Waals surface area contributed by atoms with Crippen molar-refractivity contribution in [2.24, 2.45) is 0 Å². The summed E-state index contributed by atoms with van der Waals surface area (Å²) in [4.78, 5) is 16.8. The van der Waals surface area contributed by atoms with Crippen LogP contribution in [-0.4, -0.2) is 32.6 Å². The van der Waals surface area contributed by atoms with Gasteiger partial charge in [0.2, 0.25) is 5.12 Å². The molecule has 1 aromatic heterocycles. The fourth-order valence-electron chi connectivity index (χ4n) is 2.42. The van der Waals surface area contributed by atoms with Gasteiger partial charge in [-0.05, 0) is 12.5 Å². The number of imidazole rings is 1. The Labute approximate surface area is 134 Å². The number of aromatic nitrogens is 2. The Hall–Kier alpha value is -1.85. The molecule has 5 heteroatoms. The van der Waals surface area contributed by atoms with Crippen molar-refractivity contribution < 1.29 is 9.53 Å². The molecule has 0 radical (unpaired) electrons. The van der Waals surface area contributed by atoms with Crippen molar-refractivity contribution in [1.82, 2.24) is 9.55 Å². The lowest BCUT2D eigenvalue weighted by atomic mass is 10.1. The summed E-state index contributed by atoms with van der Waals surface area (Å²) in [6.07, 6.45) is 5.15. The highest BCUT2D eigenvalue weighted by molar-refractivity contribution is 8.15. The molecule has 2 aromatic rings. The zero-order chi connectivity index (χ0) is 15.6. The van der Waals surface area contributed by atoms with E-state index in [0.717, 1.165) is 5.56 Å². The molecule has 114 valence electrons. The number of benzene rings is 1. The highest BCUT2D eigenvalue weighted by atomic mass is 32.2. The number of ether oxygens (including phenoxy) is 1. The molecule has 1 fully saturated rings. The monoisotopic (exact) mass is 314 g/mol. The predicted octanol–water partition coefficient (Wildman–Crippen LogP) is 3.32. The van der Waals surface area contributed by atoms with E-state index in [4.69, 9.17) is 4.74 Å². The first-order valence-electron chi connectivity index (χ1n) is 7.17. The maximum Gasteiger partial charge on any atom is 0.238 e. The number of carbonyl (C=O) groups excluding carboxylic acids is 1. The number of hydrogen-bond donors (Lipinski definition) is 0. The lowest BCUT2D eigenvalue weighted by Gasteiger charge is -2.37. The van der Waals surface area contributed by atoms with Gasteiger partial charge in [0.05, 0.1) is 36.5 Å². The molecular weight excluding hydrogens is 296 g/mol. The lowest BCUT2D eigenvalue weighted by Crippen LogP contribution is -2.45. The molecule has 1 atom stereocenters. The van der Waals surface area contributed by atoms with Gasteiger partial charge in [-0.2, -0.15) is 0 Å². The molecule has 22 heavy (non-hydrogen) atoms. The number of nitrogens with zero attached hydrogens (tertiary/aromatic N) is 2. The highest BCUT2D eigenvalue weighted by Crippen LogP contribution is 2.36. The van der Waals surface area contributed by atoms with Crippen LogP contribution >= 0.6 is 11.8 Å². The van der Waals surface area contributed by atoms with E-state index in [1.165, 1.54) is 11.8 Å². The second-order valence-electron chi connectivity index (χ2n) is 5.42. The smallest absolute Gasteiger partial charge is 0.238 e. The number of rotatable bonds is 5. The van der Waals surface area contributed by atoms with Gasteiger partial charge in [-0.1, -0.05) is 48.2 Å². The van der Waals surface area contributed by atoms with Crippen LogP contribution in [0.2, 0.25) is 0 Å². The van der Waals surface area contributed by atoms with E-state index in [0.29, 0.717) is 18.9 Å². The highest BCUT2D eigenvalue weighted by Gasteiger charge is 2.39. The summed E-state index contributed by atoms with van der Waals surface area (Å²) in [5.74, 6) is 0. The van der Waals surface area contributed by atoms with Gasteiger partial charge in [-0.25, -0.2) is 4.98 Å². The van der Waals surface area contributed by atoms with Gasteiger partial charge in [0, 0.05) is 0 Å². The number of hydrogen-bond acceptors (Lipinski definition) is 4. The minimum atomic E-state index is -0.290. The first-order chi connectivity index (χ1) is 10.7. The van der Waals surface area contributed by atoms with Crippen molar-refractivity contribution in [1.29, 1.82) is 0 Å². The zero-order valence-corrected chi connectivity index (χ0v) is 13.3. The third-order valence-electron chi connectivity index (χ3n) is 3.94. The van der Waals surface area contributed by atoms with Crippen molar-refractivity contribution in [2.75, 3.05) is 13.2 Å². The fourth-order valence-corrected chi connectivity index (χ4v) is 3.42. The maximum absolute atomic E-state index is 12.6. The number of carbonyl (C=O) groups is 1. The van der Waals surface area contributed by atoms with Gasteiger partial charge in [0.1, 0.15) is 5.69 Å². The third kappa shape index (κ3) is 2.74. The maximum atomic E-state index is 12.6. The van der Waals surface area contributed by atoms with Crippen LogP contribution in [0.5, 0.6) is 0 Å². The largest absolute Gasteiger partial charge is 0.378 e. The van der Waals surface area contributed by atoms with Crippen LogP contribution < -0.4 is 0 Å². The van der Waals surface area contributed by atoms with Crippen molar-refractivity contribution in [2.45, 2.75) is 17.7 Å². The van der Waals surface area contributed by atoms with E-state index in [-0.39, 0.29) is 15.9 Å². The lowest BCUT2D eigenvalue weighted by molar-refractivity contribution is 0.0129. The minimum absolute atomic E-state index is 0.00322. The summed E-state index contributed by atoms with van der Waals surface area (Å²) >= 11 is 1.28. The van der Waals surface area contributed by atoms with Crippen LogP contribution in [0.4, 0.5) is 0 Å². The van der Waals surface area contributed by atoms with Crippen LogP contribution in [0.25, 0.3) is 0 Å². The SMILES string of the molecule is C=CC1(SC(=O)c2cncn2[C@H](C)c2ccccc2)COC1. The molecule has 0 amide bonds. The van der Waals surface area contributed by atoms with E-state index in [9.17, 15) is 4.79 Å². The quantitative estimate of drug-likeness (QED) is 0.794. The first-order valence-corrected chi connectivity index (χ1v) is 7.98. The van der Waals surface area contributed by atoms with Crippen LogP contribution in [-0.2, 0) is 4.74 Å². The minimum Gasteiger partial charge on any atom is -0.378 e. The summed E-state index contributed by atoms with van der Waals surface area (Å²) in [5.41, 5.74) is 1.75. The van der Waals surface area contributed by atoms with E-state index in [1.54, 1.807) is 18.6 Å². The fraction of sp³-hybridized carbons (Fsp3) is 0.294. The van der Waals surface area contributed by atoms with Gasteiger partial charge in [0.15, 0.2) is 0 Å². The Bertz CT molecular complexity index is 677. The van der Waals surface area contributed by atoms with Gasteiger partial charge in [-0.3, -0.25) is 4.79 Å². The normalized spacial score (nSPS) is 17.5. The van der Waals surface area contributed by atoms with Gasteiger partial charge in [0.25, 0.3) is 0 Å². The van der Waals surface area contributed by atoms with Crippen molar-refractivity contribution in [3.63, 3.8) is 0 Å². The molecule has 0 saturated carbocycles. The topological polar surface area (TPSA) is 44.1 Å². The number of thioether (sulfide) groups is 1. The van der Waals surface area contributed by atoms with E-state index in [2.05, 4.69) is 30.6 Å². The van der Waals surface area contributed by atoms with Crippen LogP contribution in [0, 0.1) is 0 Å². The van der Waals surface area contributed by atoms with E-state index < -0.39 is 0 Å². The average molecular weight is 314 g/mol. The molecule has 1 saturated heterocycles. The first kappa shape index (κ1) is 15.1. The third-order valence-corrected chi connectivity index (χ3v) is 5.14. The average Bonchev–Trinajstić information content (AvgIpc) is 3.00. The summed E-state index contributed by atoms with van der Waals surface area (Å²) in [6.45, 7) is 6.96. The van der Waals surface area contributed by atoms with Crippen molar-refractivity contribution >= 4 is 16.9 Å². The Morgan fingerprint density at radius 2 is 2.18 bits per heavy atom. The van der Waals surface area contributed by atoms with E-state index >= 15 is 0 Å². The molecule has 0 N–H and O–H groups in total. The molecule has 0 spiro atoms. The summed E-state index contributed by atoms with van der Waals surface area (Å²) in [6, 6.07) is 10.1. The zero-order valence-electron chi connectivity index (χ0n) is 12.4. The van der Waals surface area contributed by atoms with Crippen LogP contribution in [0.15, 0.2) is 55.5 Å². The molecule has 0 unspecified atom stereocenters. The standard InChI is InChI=1S/C17H18N2O2S/c1-3-17(10-21-11-17)22-16(20)15-9-18-12-19(15)13(2)14-7-5-4-6-8-14/h3-9,12-13H,1,10-11H2,2H3/t13-/m1/s1. The Morgan fingerprint density at radius 1 is 1.45 bits per heavy atom. The van der Waals surface area contributed by atoms with Crippen molar-refractivity contribution in [3.8, 4) is 0 Å². The van der Waals surface area contributed by atoms with Gasteiger partial charge >= 0.3 is 0 Å². The summed E-state index contributed by atoms with van der Waals surface area (Å²) < 4.78 is 6.86. The molecule has 1 aromatic carbocycles. The second-order valence-corrected chi connectivity index (χ2v) is 6.81. The van der Waals surface area contributed by atoms with E-state index in [1.807, 2.05) is 22.8 Å². The molecule has 3 rings (SSSR count). The van der Waals surface area contributed by atoms with Gasteiger partial charge in [-0.15, -0.1) is 6.58 Å². The molecular formula is C17H18N2O2S. The van der Waals surface area contributed by atoms with Crippen LogP contribution in [0.3, 0.4) is 0 Å². The van der Waals surface area contributed by atoms with Crippen molar-refractivity contribution in [3.05, 3.63) is 66.8 Å². The molecule has 4 nitrogen and oxygen atoms in total. The Kier molecular flexibility index (Phi) is 4.18. The molecule has 0 bridgehead atoms. The second kappa shape index (κ2) is 6.10. The summed E-state index contributed by atoms with van der Waals surface area (Å²) in [7, 11) is 0. The molecule has 1 aliphatic rings. The molecule has 2 heterocycles.